The third-order valence-electron chi connectivity index (χ3n) is 2.14. The van der Waals surface area contributed by atoms with Crippen molar-refractivity contribution in [1.82, 2.24) is 0 Å². The van der Waals surface area contributed by atoms with Crippen LogP contribution in [0.25, 0.3) is 0 Å². The number of rotatable bonds is 1. The Hall–Kier alpha value is -1.68. The predicted octanol–water partition coefficient (Wildman–Crippen LogP) is 1.85. The molecule has 1 N–H and O–H groups in total. The fourth-order valence-electron chi connectivity index (χ4n) is 1.44. The molecule has 1 atom stereocenters. The standard InChI is InChI=1S/C10H6ClNO3/c11-9-7(10(14)15)8(13)5-3-1-2-4-6(5)12-9/h1-4,7H,(H,14,15). The van der Waals surface area contributed by atoms with Crippen molar-refractivity contribution in [3.05, 3.63) is 29.8 Å². The van der Waals surface area contributed by atoms with Crippen molar-refractivity contribution >= 4 is 34.2 Å². The van der Waals surface area contributed by atoms with Gasteiger partial charge in [-0.1, -0.05) is 23.7 Å². The summed E-state index contributed by atoms with van der Waals surface area (Å²) in [7, 11) is 0. The van der Waals surface area contributed by atoms with Crippen LogP contribution in [-0.4, -0.2) is 22.0 Å². The normalized spacial score (nSPS) is 19.4. The van der Waals surface area contributed by atoms with E-state index in [4.69, 9.17) is 16.7 Å². The molecule has 1 unspecified atom stereocenters. The number of carbonyl (C=O) groups is 2. The maximum atomic E-state index is 11.7. The van der Waals surface area contributed by atoms with Crippen molar-refractivity contribution in [1.29, 1.82) is 0 Å². The molecule has 1 aliphatic rings. The van der Waals surface area contributed by atoms with Crippen LogP contribution >= 0.6 is 11.6 Å². The first kappa shape index (κ1) is 9.86. The summed E-state index contributed by atoms with van der Waals surface area (Å²) in [5.41, 5.74) is 0.722. The molecule has 0 saturated heterocycles. The second kappa shape index (κ2) is 3.47. The Morgan fingerprint density at radius 2 is 2.07 bits per heavy atom. The van der Waals surface area contributed by atoms with Gasteiger partial charge < -0.3 is 5.11 Å². The highest BCUT2D eigenvalue weighted by atomic mass is 35.5. The van der Waals surface area contributed by atoms with E-state index in [1.165, 1.54) is 0 Å². The van der Waals surface area contributed by atoms with E-state index in [0.717, 1.165) is 0 Å². The summed E-state index contributed by atoms with van der Waals surface area (Å²) in [4.78, 5) is 26.4. The molecule has 2 rings (SSSR count). The molecule has 1 aliphatic heterocycles. The Balaban J connectivity index is 2.59. The van der Waals surface area contributed by atoms with Crippen molar-refractivity contribution in [2.75, 3.05) is 0 Å². The summed E-state index contributed by atoms with van der Waals surface area (Å²) in [5, 5.41) is 8.63. The molecule has 15 heavy (non-hydrogen) atoms. The fraction of sp³-hybridized carbons (Fsp3) is 0.100. The number of hydrogen-bond donors (Lipinski definition) is 1. The molecule has 0 aromatic heterocycles. The van der Waals surface area contributed by atoms with E-state index in [1.54, 1.807) is 24.3 Å². The van der Waals surface area contributed by atoms with Gasteiger partial charge in [0, 0.05) is 5.56 Å². The summed E-state index contributed by atoms with van der Waals surface area (Å²) in [6.07, 6.45) is 0. The van der Waals surface area contributed by atoms with Crippen LogP contribution in [0.4, 0.5) is 5.69 Å². The van der Waals surface area contributed by atoms with Crippen molar-refractivity contribution in [2.24, 2.45) is 10.9 Å². The molecule has 0 aliphatic carbocycles. The lowest BCUT2D eigenvalue weighted by Crippen LogP contribution is -2.31. The number of para-hydroxylation sites is 1. The third-order valence-corrected chi connectivity index (χ3v) is 2.45. The average Bonchev–Trinajstić information content (AvgIpc) is 2.17. The summed E-state index contributed by atoms with van der Waals surface area (Å²) in [5.74, 6) is -3.15. The molecule has 0 bridgehead atoms. The molecule has 1 heterocycles. The molecule has 5 heteroatoms. The molecule has 0 spiro atoms. The van der Waals surface area contributed by atoms with Gasteiger partial charge in [0.2, 0.25) is 0 Å². The Morgan fingerprint density at radius 1 is 1.40 bits per heavy atom. The summed E-state index contributed by atoms with van der Waals surface area (Å²) in [6.45, 7) is 0. The van der Waals surface area contributed by atoms with Gasteiger partial charge in [0.05, 0.1) is 5.69 Å². The predicted molar refractivity (Wildman–Crippen MR) is 54.8 cm³/mol. The monoisotopic (exact) mass is 223 g/mol. The smallest absolute Gasteiger partial charge is 0.321 e. The lowest BCUT2D eigenvalue weighted by atomic mass is 9.95. The summed E-state index contributed by atoms with van der Waals surface area (Å²) < 4.78 is 0. The number of benzene rings is 1. The second-order valence-corrected chi connectivity index (χ2v) is 3.47. The Morgan fingerprint density at radius 3 is 2.73 bits per heavy atom. The van der Waals surface area contributed by atoms with Gasteiger partial charge in [-0.15, -0.1) is 0 Å². The molecule has 0 saturated carbocycles. The topological polar surface area (TPSA) is 66.7 Å². The zero-order valence-corrected chi connectivity index (χ0v) is 8.23. The second-order valence-electron chi connectivity index (χ2n) is 3.09. The fourth-order valence-corrected chi connectivity index (χ4v) is 1.72. The van der Waals surface area contributed by atoms with Crippen LogP contribution in [0.1, 0.15) is 10.4 Å². The molecule has 76 valence electrons. The van der Waals surface area contributed by atoms with Crippen molar-refractivity contribution < 1.29 is 14.7 Å². The lowest BCUT2D eigenvalue weighted by molar-refractivity contribution is -0.137. The van der Waals surface area contributed by atoms with Gasteiger partial charge in [-0.2, -0.15) is 0 Å². The number of aliphatic carboxylic acids is 1. The molecular weight excluding hydrogens is 218 g/mol. The minimum Gasteiger partial charge on any atom is -0.480 e. The van der Waals surface area contributed by atoms with E-state index in [2.05, 4.69) is 4.99 Å². The Bertz CT molecular complexity index is 481. The van der Waals surface area contributed by atoms with Crippen molar-refractivity contribution in [3.8, 4) is 0 Å². The number of carboxylic acid groups (broad SMARTS) is 1. The molecule has 0 fully saturated rings. The highest BCUT2D eigenvalue weighted by molar-refractivity contribution is 6.70. The average molecular weight is 224 g/mol. The molecule has 0 amide bonds. The number of hydrogen-bond acceptors (Lipinski definition) is 3. The van der Waals surface area contributed by atoms with Gasteiger partial charge in [0.25, 0.3) is 0 Å². The first-order valence-corrected chi connectivity index (χ1v) is 4.59. The SMILES string of the molecule is O=C(O)C1C(=O)c2ccccc2N=C1Cl. The van der Waals surface area contributed by atoms with Crippen molar-refractivity contribution in [3.63, 3.8) is 0 Å². The van der Waals surface area contributed by atoms with Gasteiger partial charge in [-0.05, 0) is 12.1 Å². The molecular formula is C10H6ClNO3. The number of Topliss-reactive ketones (excluding diaryl/α,β-unsaturated/α-hetero) is 1. The number of ketones is 1. The van der Waals surface area contributed by atoms with Gasteiger partial charge in [0.15, 0.2) is 11.7 Å². The van der Waals surface area contributed by atoms with E-state index in [1.807, 2.05) is 0 Å². The van der Waals surface area contributed by atoms with E-state index in [9.17, 15) is 9.59 Å². The van der Waals surface area contributed by atoms with Crippen molar-refractivity contribution in [2.45, 2.75) is 0 Å². The number of carbonyl (C=O) groups excluding carboxylic acids is 1. The highest BCUT2D eigenvalue weighted by Crippen LogP contribution is 2.29. The van der Waals surface area contributed by atoms with Gasteiger partial charge in [0.1, 0.15) is 5.17 Å². The maximum absolute atomic E-state index is 11.7. The van der Waals surface area contributed by atoms with Crippen LogP contribution in [0.5, 0.6) is 0 Å². The van der Waals surface area contributed by atoms with E-state index >= 15 is 0 Å². The number of halogens is 1. The van der Waals surface area contributed by atoms with E-state index in [-0.39, 0.29) is 5.17 Å². The lowest BCUT2D eigenvalue weighted by Gasteiger charge is -2.16. The maximum Gasteiger partial charge on any atom is 0.321 e. The molecule has 0 radical (unpaired) electrons. The third kappa shape index (κ3) is 1.53. The number of nitrogens with zero attached hydrogens (tertiary/aromatic N) is 1. The summed E-state index contributed by atoms with van der Waals surface area (Å²) >= 11 is 5.65. The van der Waals surface area contributed by atoms with Gasteiger partial charge in [-0.25, -0.2) is 4.99 Å². The first-order valence-electron chi connectivity index (χ1n) is 4.21. The molecule has 4 nitrogen and oxygen atoms in total. The number of carboxylic acids is 1. The minimum atomic E-state index is -1.36. The zero-order valence-electron chi connectivity index (χ0n) is 7.48. The number of fused-ring (bicyclic) bond motifs is 1. The van der Waals surface area contributed by atoms with Crippen LogP contribution in [0, 0.1) is 5.92 Å². The minimum absolute atomic E-state index is 0.189. The zero-order chi connectivity index (χ0) is 11.0. The highest BCUT2D eigenvalue weighted by Gasteiger charge is 2.35. The van der Waals surface area contributed by atoms with Crippen LogP contribution in [0.3, 0.4) is 0 Å². The number of aliphatic imine (C=N–C) groups is 1. The van der Waals surface area contributed by atoms with E-state index in [0.29, 0.717) is 11.3 Å². The molecule has 1 aromatic rings. The van der Waals surface area contributed by atoms with Crippen LogP contribution < -0.4 is 0 Å². The van der Waals surface area contributed by atoms with Crippen LogP contribution in [0.15, 0.2) is 29.3 Å². The van der Waals surface area contributed by atoms with Gasteiger partial charge >= 0.3 is 5.97 Å². The van der Waals surface area contributed by atoms with Crippen LogP contribution in [-0.2, 0) is 4.79 Å². The first-order chi connectivity index (χ1) is 7.11. The Kier molecular flexibility index (Phi) is 2.28. The summed E-state index contributed by atoms with van der Waals surface area (Å²) in [6, 6.07) is 6.53. The van der Waals surface area contributed by atoms with E-state index < -0.39 is 17.7 Å². The quantitative estimate of drug-likeness (QED) is 0.739. The molecule has 1 aromatic carbocycles. The Labute approximate surface area is 90.2 Å². The van der Waals surface area contributed by atoms with Gasteiger partial charge in [-0.3, -0.25) is 9.59 Å². The van der Waals surface area contributed by atoms with Crippen LogP contribution in [0.2, 0.25) is 0 Å². The largest absolute Gasteiger partial charge is 0.480 e.